The summed E-state index contributed by atoms with van der Waals surface area (Å²) in [6.07, 6.45) is -2.57. The highest BCUT2D eigenvalue weighted by molar-refractivity contribution is 6.30. The van der Waals surface area contributed by atoms with Crippen molar-refractivity contribution < 1.29 is 18.0 Å². The van der Waals surface area contributed by atoms with Gasteiger partial charge in [0.05, 0.1) is 12.0 Å². The summed E-state index contributed by atoms with van der Waals surface area (Å²) in [5.74, 6) is -0.157. The van der Waals surface area contributed by atoms with Gasteiger partial charge in [0.2, 0.25) is 5.91 Å². The number of alkyl halides is 3. The molecule has 1 N–H and O–H groups in total. The van der Waals surface area contributed by atoms with Crippen molar-refractivity contribution in [2.45, 2.75) is 38.0 Å². The smallest absolute Gasteiger partial charge is 0.353 e. The highest BCUT2D eigenvalue weighted by Gasteiger charge is 2.30. The van der Waals surface area contributed by atoms with E-state index in [1.54, 1.807) is 0 Å². The van der Waals surface area contributed by atoms with E-state index in [-0.39, 0.29) is 18.4 Å². The van der Waals surface area contributed by atoms with E-state index in [2.05, 4.69) is 10.2 Å². The molecule has 28 heavy (non-hydrogen) atoms. The fourth-order valence-corrected chi connectivity index (χ4v) is 3.49. The van der Waals surface area contributed by atoms with Gasteiger partial charge in [0.15, 0.2) is 0 Å². The zero-order valence-electron chi connectivity index (χ0n) is 15.3. The summed E-state index contributed by atoms with van der Waals surface area (Å²) < 4.78 is 37.8. The number of benzene rings is 2. The number of hydrogen-bond donors (Lipinski definition) is 1. The van der Waals surface area contributed by atoms with Crippen LogP contribution in [0.1, 0.15) is 29.5 Å². The summed E-state index contributed by atoms with van der Waals surface area (Å²) in [6, 6.07) is 12.6. The lowest BCUT2D eigenvalue weighted by Crippen LogP contribution is -2.44. The van der Waals surface area contributed by atoms with E-state index < -0.39 is 11.7 Å². The van der Waals surface area contributed by atoms with Gasteiger partial charge in [-0.15, -0.1) is 0 Å². The summed E-state index contributed by atoms with van der Waals surface area (Å²) in [5.41, 5.74) is 1.07. The maximum Gasteiger partial charge on any atom is 0.416 e. The highest BCUT2D eigenvalue weighted by Crippen LogP contribution is 2.29. The minimum absolute atomic E-state index is 0.0864. The Kier molecular flexibility index (Phi) is 6.62. The van der Waals surface area contributed by atoms with Gasteiger partial charge in [-0.2, -0.15) is 13.2 Å². The van der Waals surface area contributed by atoms with Gasteiger partial charge in [-0.1, -0.05) is 35.9 Å². The fourth-order valence-electron chi connectivity index (χ4n) is 3.36. The molecule has 150 valence electrons. The van der Waals surface area contributed by atoms with E-state index in [0.717, 1.165) is 49.6 Å². The van der Waals surface area contributed by atoms with Crippen molar-refractivity contribution in [3.05, 3.63) is 70.2 Å². The molecule has 1 saturated heterocycles. The molecule has 0 radical (unpaired) electrons. The summed E-state index contributed by atoms with van der Waals surface area (Å²) in [7, 11) is 0. The largest absolute Gasteiger partial charge is 0.416 e. The SMILES string of the molecule is O=C(Cc1ccc(C(F)(F)F)cc1)NC1CCN(Cc2ccc(Cl)cc2)CC1. The fraction of sp³-hybridized carbons (Fsp3) is 0.381. The molecule has 3 nitrogen and oxygen atoms in total. The number of carbonyl (C=O) groups is 1. The lowest BCUT2D eigenvalue weighted by Gasteiger charge is -2.32. The number of nitrogens with zero attached hydrogens (tertiary/aromatic N) is 1. The van der Waals surface area contributed by atoms with Crippen LogP contribution in [-0.2, 0) is 23.9 Å². The number of hydrogen-bond acceptors (Lipinski definition) is 2. The Hall–Kier alpha value is -2.05. The lowest BCUT2D eigenvalue weighted by atomic mass is 10.0. The quantitative estimate of drug-likeness (QED) is 0.776. The minimum atomic E-state index is -4.36. The first-order valence-electron chi connectivity index (χ1n) is 9.22. The molecule has 1 amide bonds. The number of likely N-dealkylation sites (tertiary alicyclic amines) is 1. The molecule has 1 fully saturated rings. The van der Waals surface area contributed by atoms with Crippen LogP contribution in [-0.4, -0.2) is 29.9 Å². The average molecular weight is 411 g/mol. The molecular weight excluding hydrogens is 389 g/mol. The zero-order chi connectivity index (χ0) is 20.1. The molecule has 0 bridgehead atoms. The minimum Gasteiger partial charge on any atom is -0.353 e. The van der Waals surface area contributed by atoms with Crippen molar-refractivity contribution in [3.8, 4) is 0 Å². The Morgan fingerprint density at radius 1 is 1.00 bits per heavy atom. The Balaban J connectivity index is 1.42. The third-order valence-electron chi connectivity index (χ3n) is 4.92. The molecule has 2 aromatic rings. The van der Waals surface area contributed by atoms with E-state index in [1.165, 1.54) is 17.7 Å². The number of rotatable bonds is 5. The summed E-state index contributed by atoms with van der Waals surface area (Å²) in [4.78, 5) is 14.5. The zero-order valence-corrected chi connectivity index (χ0v) is 16.1. The second-order valence-corrected chi connectivity index (χ2v) is 7.55. The Bertz CT molecular complexity index is 783. The molecule has 1 aliphatic heterocycles. The maximum atomic E-state index is 12.6. The van der Waals surface area contributed by atoms with Crippen molar-refractivity contribution in [1.29, 1.82) is 0 Å². The molecule has 7 heteroatoms. The van der Waals surface area contributed by atoms with E-state index in [1.807, 2.05) is 24.3 Å². The van der Waals surface area contributed by atoms with Crippen molar-refractivity contribution in [2.24, 2.45) is 0 Å². The molecule has 2 aromatic carbocycles. The second kappa shape index (κ2) is 8.97. The molecule has 1 heterocycles. The molecule has 0 spiro atoms. The van der Waals surface area contributed by atoms with Gasteiger partial charge in [0, 0.05) is 30.7 Å². The standard InChI is InChI=1S/C21H22ClF3N2O/c22-18-7-3-16(4-8-18)14-27-11-9-19(10-12-27)26-20(28)13-15-1-5-17(6-2-15)21(23,24)25/h1-8,19H,9-14H2,(H,26,28). The van der Waals surface area contributed by atoms with E-state index in [9.17, 15) is 18.0 Å². The highest BCUT2D eigenvalue weighted by atomic mass is 35.5. The number of carbonyl (C=O) groups excluding carboxylic acids is 1. The van der Waals surface area contributed by atoms with Gasteiger partial charge in [-0.25, -0.2) is 0 Å². The summed E-state index contributed by atoms with van der Waals surface area (Å²) in [5, 5.41) is 3.72. The van der Waals surface area contributed by atoms with Crippen LogP contribution in [0.4, 0.5) is 13.2 Å². The van der Waals surface area contributed by atoms with Gasteiger partial charge in [-0.3, -0.25) is 9.69 Å². The predicted molar refractivity (Wildman–Crippen MR) is 103 cm³/mol. The number of piperidine rings is 1. The lowest BCUT2D eigenvalue weighted by molar-refractivity contribution is -0.137. The van der Waals surface area contributed by atoms with Crippen LogP contribution in [0.3, 0.4) is 0 Å². The van der Waals surface area contributed by atoms with Crippen LogP contribution in [0.5, 0.6) is 0 Å². The topological polar surface area (TPSA) is 32.3 Å². The van der Waals surface area contributed by atoms with E-state index in [0.29, 0.717) is 5.56 Å². The van der Waals surface area contributed by atoms with Crippen molar-refractivity contribution in [2.75, 3.05) is 13.1 Å². The third kappa shape index (κ3) is 5.97. The third-order valence-corrected chi connectivity index (χ3v) is 5.17. The molecule has 0 unspecified atom stereocenters. The summed E-state index contributed by atoms with van der Waals surface area (Å²) in [6.45, 7) is 2.62. The summed E-state index contributed by atoms with van der Waals surface area (Å²) >= 11 is 5.90. The molecule has 0 aromatic heterocycles. The van der Waals surface area contributed by atoms with Crippen molar-refractivity contribution in [1.82, 2.24) is 10.2 Å². The van der Waals surface area contributed by atoms with E-state index in [4.69, 9.17) is 11.6 Å². The molecule has 1 aliphatic rings. The normalized spacial score (nSPS) is 16.1. The molecule has 0 atom stereocenters. The van der Waals surface area contributed by atoms with Crippen LogP contribution in [0.15, 0.2) is 48.5 Å². The monoisotopic (exact) mass is 410 g/mol. The van der Waals surface area contributed by atoms with Gasteiger partial charge in [-0.05, 0) is 48.2 Å². The van der Waals surface area contributed by atoms with Gasteiger partial charge < -0.3 is 5.32 Å². The maximum absolute atomic E-state index is 12.6. The molecule has 3 rings (SSSR count). The predicted octanol–water partition coefficient (Wildman–Crippen LogP) is 4.68. The number of amides is 1. The first kappa shape index (κ1) is 20.7. The first-order valence-corrected chi connectivity index (χ1v) is 9.60. The number of halogens is 4. The van der Waals surface area contributed by atoms with Crippen LogP contribution in [0.25, 0.3) is 0 Å². The van der Waals surface area contributed by atoms with Crippen molar-refractivity contribution >= 4 is 17.5 Å². The molecule has 0 saturated carbocycles. The van der Waals surface area contributed by atoms with Gasteiger partial charge in [0.25, 0.3) is 0 Å². The molecule has 0 aliphatic carbocycles. The average Bonchev–Trinajstić information content (AvgIpc) is 2.65. The Labute approximate surface area is 167 Å². The molecular formula is C21H22ClF3N2O. The Morgan fingerprint density at radius 2 is 1.57 bits per heavy atom. The van der Waals surface area contributed by atoms with Crippen molar-refractivity contribution in [3.63, 3.8) is 0 Å². The van der Waals surface area contributed by atoms with Crippen LogP contribution in [0.2, 0.25) is 5.02 Å². The van der Waals surface area contributed by atoms with Crippen LogP contribution < -0.4 is 5.32 Å². The van der Waals surface area contributed by atoms with E-state index >= 15 is 0 Å². The van der Waals surface area contributed by atoms with Crippen LogP contribution in [0, 0.1) is 0 Å². The van der Waals surface area contributed by atoms with Crippen LogP contribution >= 0.6 is 11.6 Å². The Morgan fingerprint density at radius 3 is 2.14 bits per heavy atom. The van der Waals surface area contributed by atoms with Gasteiger partial charge in [0.1, 0.15) is 0 Å². The number of nitrogens with one attached hydrogen (secondary N) is 1. The van der Waals surface area contributed by atoms with Gasteiger partial charge >= 0.3 is 6.18 Å². The first-order chi connectivity index (χ1) is 13.3. The second-order valence-electron chi connectivity index (χ2n) is 7.12.